The van der Waals surface area contributed by atoms with Crippen molar-refractivity contribution in [2.24, 2.45) is 0 Å². The lowest BCUT2D eigenvalue weighted by atomic mass is 10.1. The summed E-state index contributed by atoms with van der Waals surface area (Å²) >= 11 is 0. The van der Waals surface area contributed by atoms with Gasteiger partial charge in [-0.1, -0.05) is 18.2 Å². The molecule has 0 spiro atoms. The molecule has 0 saturated heterocycles. The van der Waals surface area contributed by atoms with E-state index in [0.29, 0.717) is 11.5 Å². The van der Waals surface area contributed by atoms with Crippen molar-refractivity contribution in [2.75, 3.05) is 33.0 Å². The molecule has 2 aromatic heterocycles. The minimum absolute atomic E-state index is 0. The Morgan fingerprint density at radius 1 is 1.14 bits per heavy atom. The monoisotopic (exact) mass is 423 g/mol. The van der Waals surface area contributed by atoms with E-state index in [2.05, 4.69) is 20.3 Å². The predicted octanol–water partition coefficient (Wildman–Crippen LogP) is 2.75. The van der Waals surface area contributed by atoms with Crippen molar-refractivity contribution in [3.05, 3.63) is 47.3 Å². The van der Waals surface area contributed by atoms with Gasteiger partial charge in [-0.2, -0.15) is 0 Å². The maximum atomic E-state index is 13.3. The number of hydrogen-bond donors (Lipinski definition) is 1. The minimum atomic E-state index is -3.75. The van der Waals surface area contributed by atoms with Crippen LogP contribution in [0.25, 0.3) is 5.65 Å². The van der Waals surface area contributed by atoms with Crippen molar-refractivity contribution in [1.29, 1.82) is 0 Å². The first kappa shape index (κ1) is 22.1. The molecule has 2 heterocycles. The van der Waals surface area contributed by atoms with Crippen molar-refractivity contribution < 1.29 is 8.42 Å². The summed E-state index contributed by atoms with van der Waals surface area (Å²) in [5, 5.41) is 7.42. The van der Waals surface area contributed by atoms with E-state index in [-0.39, 0.29) is 22.2 Å². The number of hydrogen-bond acceptors (Lipinski definition) is 6. The Kier molecular flexibility index (Phi) is 6.69. The lowest BCUT2D eigenvalue weighted by Crippen LogP contribution is -2.17. The number of aryl methyl sites for hydroxylation is 2. The van der Waals surface area contributed by atoms with Crippen LogP contribution in [0.3, 0.4) is 0 Å². The molecule has 0 aliphatic carbocycles. The Labute approximate surface area is 172 Å². The van der Waals surface area contributed by atoms with Gasteiger partial charge >= 0.3 is 0 Å². The molecular formula is C19H26ClN5O2S. The Morgan fingerprint density at radius 3 is 2.36 bits per heavy atom. The largest absolute Gasteiger partial charge is 0.370 e. The van der Waals surface area contributed by atoms with E-state index in [1.165, 1.54) is 0 Å². The third kappa shape index (κ3) is 3.85. The van der Waals surface area contributed by atoms with Crippen LogP contribution in [0.1, 0.15) is 17.0 Å². The Morgan fingerprint density at radius 2 is 1.79 bits per heavy atom. The molecule has 3 rings (SSSR count). The van der Waals surface area contributed by atoms with Gasteiger partial charge in [0.1, 0.15) is 0 Å². The number of fused-ring (bicyclic) bond motifs is 1. The molecule has 0 radical (unpaired) electrons. The quantitative estimate of drug-likeness (QED) is 0.656. The third-order valence-corrected chi connectivity index (χ3v) is 6.46. The SMILES string of the molecule is CNc1nn2c(C)c(CCN(C)C)c(C)nc2c1S(=O)(=O)c1ccccc1.Cl. The minimum Gasteiger partial charge on any atom is -0.370 e. The number of rotatable bonds is 6. The fourth-order valence-electron chi connectivity index (χ4n) is 3.17. The highest BCUT2D eigenvalue weighted by Crippen LogP contribution is 2.31. The van der Waals surface area contributed by atoms with Crippen LogP contribution in [-0.4, -0.2) is 55.6 Å². The number of likely N-dealkylation sites (N-methyl/N-ethyl adjacent to an activating group) is 1. The summed E-state index contributed by atoms with van der Waals surface area (Å²) in [7, 11) is 1.96. The van der Waals surface area contributed by atoms with E-state index >= 15 is 0 Å². The second-order valence-corrected chi connectivity index (χ2v) is 8.68. The average molecular weight is 424 g/mol. The second kappa shape index (κ2) is 8.46. The van der Waals surface area contributed by atoms with Gasteiger partial charge in [-0.3, -0.25) is 0 Å². The maximum Gasteiger partial charge on any atom is 0.214 e. The topological polar surface area (TPSA) is 79.6 Å². The number of benzene rings is 1. The van der Waals surface area contributed by atoms with Crippen LogP contribution < -0.4 is 5.32 Å². The highest BCUT2D eigenvalue weighted by molar-refractivity contribution is 7.91. The lowest BCUT2D eigenvalue weighted by molar-refractivity contribution is 0.412. The summed E-state index contributed by atoms with van der Waals surface area (Å²) in [5.74, 6) is 0.304. The standard InChI is InChI=1S/C19H25N5O2S.ClH/c1-13-16(11-12-23(4)5)14(2)24-19(21-13)17(18(20-3)22-24)27(25,26)15-9-7-6-8-10-15;/h6-10H,11-12H2,1-5H3,(H,20,22);1H. The van der Waals surface area contributed by atoms with E-state index in [9.17, 15) is 8.42 Å². The molecule has 7 nitrogen and oxygen atoms in total. The van der Waals surface area contributed by atoms with Crippen LogP contribution in [0.5, 0.6) is 0 Å². The first-order valence-corrected chi connectivity index (χ1v) is 10.3. The number of halogens is 1. The van der Waals surface area contributed by atoms with Crippen LogP contribution in [0, 0.1) is 13.8 Å². The normalized spacial score (nSPS) is 11.6. The molecule has 0 aliphatic heterocycles. The zero-order valence-electron chi connectivity index (χ0n) is 16.7. The summed E-state index contributed by atoms with van der Waals surface area (Å²) < 4.78 is 28.2. The number of anilines is 1. The summed E-state index contributed by atoms with van der Waals surface area (Å²) in [5.41, 5.74) is 3.18. The molecule has 1 N–H and O–H groups in total. The van der Waals surface area contributed by atoms with E-state index in [4.69, 9.17) is 0 Å². The van der Waals surface area contributed by atoms with Crippen LogP contribution in [-0.2, 0) is 16.3 Å². The molecule has 0 saturated carbocycles. The average Bonchev–Trinajstić information content (AvgIpc) is 3.01. The fraction of sp³-hybridized carbons (Fsp3) is 0.368. The Bertz CT molecular complexity index is 1080. The summed E-state index contributed by atoms with van der Waals surface area (Å²) in [6, 6.07) is 8.38. The number of nitrogens with zero attached hydrogens (tertiary/aromatic N) is 4. The molecule has 0 bridgehead atoms. The van der Waals surface area contributed by atoms with Crippen LogP contribution in [0.2, 0.25) is 0 Å². The van der Waals surface area contributed by atoms with Gasteiger partial charge < -0.3 is 10.2 Å². The second-order valence-electron chi connectivity index (χ2n) is 6.79. The van der Waals surface area contributed by atoms with Gasteiger partial charge in [0.05, 0.1) is 4.90 Å². The molecule has 0 aliphatic rings. The highest BCUT2D eigenvalue weighted by atomic mass is 35.5. The molecule has 9 heteroatoms. The lowest BCUT2D eigenvalue weighted by Gasteiger charge is -2.14. The van der Waals surface area contributed by atoms with E-state index in [1.807, 2.05) is 27.9 Å². The molecule has 1 aromatic carbocycles. The molecule has 28 heavy (non-hydrogen) atoms. The zero-order chi connectivity index (χ0) is 19.8. The zero-order valence-corrected chi connectivity index (χ0v) is 18.4. The number of nitrogens with one attached hydrogen (secondary N) is 1. The smallest absolute Gasteiger partial charge is 0.214 e. The molecule has 0 fully saturated rings. The van der Waals surface area contributed by atoms with Crippen LogP contribution in [0.4, 0.5) is 5.82 Å². The molecular weight excluding hydrogens is 398 g/mol. The Hall–Kier alpha value is -2.16. The molecule has 0 unspecified atom stereocenters. The maximum absolute atomic E-state index is 13.3. The molecule has 0 atom stereocenters. The molecule has 152 valence electrons. The van der Waals surface area contributed by atoms with E-state index in [1.54, 1.807) is 41.9 Å². The van der Waals surface area contributed by atoms with Crippen molar-refractivity contribution in [1.82, 2.24) is 19.5 Å². The summed E-state index contributed by atoms with van der Waals surface area (Å²) in [6.07, 6.45) is 0.823. The predicted molar refractivity (Wildman–Crippen MR) is 113 cm³/mol. The van der Waals surface area contributed by atoms with Crippen LogP contribution in [0.15, 0.2) is 40.1 Å². The number of aromatic nitrogens is 3. The van der Waals surface area contributed by atoms with Gasteiger partial charge in [-0.25, -0.2) is 17.9 Å². The Balaban J connectivity index is 0.00000280. The van der Waals surface area contributed by atoms with Crippen LogP contribution >= 0.6 is 12.4 Å². The first-order valence-electron chi connectivity index (χ1n) is 8.78. The third-order valence-electron chi connectivity index (χ3n) is 4.65. The summed E-state index contributed by atoms with van der Waals surface area (Å²) in [6.45, 7) is 4.76. The van der Waals surface area contributed by atoms with Crippen molar-refractivity contribution in [3.8, 4) is 0 Å². The van der Waals surface area contributed by atoms with Gasteiger partial charge in [0.2, 0.25) is 9.84 Å². The van der Waals surface area contributed by atoms with E-state index < -0.39 is 9.84 Å². The van der Waals surface area contributed by atoms with Crippen molar-refractivity contribution >= 4 is 33.7 Å². The van der Waals surface area contributed by atoms with Crippen molar-refractivity contribution in [2.45, 2.75) is 30.1 Å². The highest BCUT2D eigenvalue weighted by Gasteiger charge is 2.29. The summed E-state index contributed by atoms with van der Waals surface area (Å²) in [4.78, 5) is 7.08. The van der Waals surface area contributed by atoms with Gasteiger partial charge in [-0.05, 0) is 52.1 Å². The fourth-order valence-corrected chi connectivity index (χ4v) is 4.69. The van der Waals surface area contributed by atoms with Gasteiger partial charge in [0.15, 0.2) is 16.4 Å². The molecule has 0 amide bonds. The van der Waals surface area contributed by atoms with E-state index in [0.717, 1.165) is 29.9 Å². The number of sulfone groups is 1. The molecule has 3 aromatic rings. The van der Waals surface area contributed by atoms with Gasteiger partial charge in [-0.15, -0.1) is 17.5 Å². The van der Waals surface area contributed by atoms with Gasteiger partial charge in [0, 0.05) is 25.0 Å². The first-order chi connectivity index (χ1) is 12.8. The van der Waals surface area contributed by atoms with Crippen molar-refractivity contribution in [3.63, 3.8) is 0 Å². The van der Waals surface area contributed by atoms with Gasteiger partial charge in [0.25, 0.3) is 0 Å².